The Kier molecular flexibility index (Phi) is 4.49. The van der Waals surface area contributed by atoms with Crippen molar-refractivity contribution in [2.24, 2.45) is 0 Å². The van der Waals surface area contributed by atoms with Gasteiger partial charge in [0, 0.05) is 12.4 Å². The first-order valence-corrected chi connectivity index (χ1v) is 6.15. The minimum absolute atomic E-state index is 0.0205. The van der Waals surface area contributed by atoms with Crippen molar-refractivity contribution in [2.45, 2.75) is 13.3 Å². The van der Waals surface area contributed by atoms with Gasteiger partial charge in [-0.3, -0.25) is 4.98 Å². The fourth-order valence-corrected chi connectivity index (χ4v) is 1.52. The van der Waals surface area contributed by atoms with Crippen LogP contribution in [0.4, 0.5) is 0 Å². The van der Waals surface area contributed by atoms with Crippen LogP contribution in [0, 0.1) is 0 Å². The third-order valence-electron chi connectivity index (χ3n) is 2.42. The maximum atomic E-state index is 11.1. The summed E-state index contributed by atoms with van der Waals surface area (Å²) < 4.78 is 11.0. The number of carboxylic acid groups (broad SMARTS) is 1. The number of hydrogen-bond acceptors (Lipinski definition) is 5. The zero-order valence-corrected chi connectivity index (χ0v) is 10.9. The molecule has 2 aromatic rings. The topological polar surface area (TPSA) is 81.5 Å². The van der Waals surface area contributed by atoms with Crippen molar-refractivity contribution in [3.8, 4) is 17.4 Å². The molecule has 0 fully saturated rings. The maximum absolute atomic E-state index is 11.1. The highest BCUT2D eigenvalue weighted by Gasteiger charge is 2.14. The van der Waals surface area contributed by atoms with Gasteiger partial charge in [-0.1, -0.05) is 6.92 Å². The molecular weight excluding hydrogens is 260 g/mol. The Morgan fingerprint density at radius 1 is 1.30 bits per heavy atom. The number of carbonyl (C=O) groups is 1. The van der Waals surface area contributed by atoms with Crippen LogP contribution in [0.15, 0.2) is 36.8 Å². The molecule has 6 heteroatoms. The summed E-state index contributed by atoms with van der Waals surface area (Å²) in [6.45, 7) is 2.52. The van der Waals surface area contributed by atoms with Crippen LogP contribution in [-0.4, -0.2) is 27.7 Å². The second-order valence-electron chi connectivity index (χ2n) is 3.93. The van der Waals surface area contributed by atoms with Crippen LogP contribution in [0.2, 0.25) is 0 Å². The van der Waals surface area contributed by atoms with Crippen molar-refractivity contribution >= 4 is 5.97 Å². The van der Waals surface area contributed by atoms with E-state index in [0.717, 1.165) is 6.42 Å². The predicted octanol–water partition coefficient (Wildman–Crippen LogP) is 2.76. The quantitative estimate of drug-likeness (QED) is 0.872. The second-order valence-corrected chi connectivity index (χ2v) is 3.93. The molecule has 0 saturated carbocycles. The molecule has 20 heavy (non-hydrogen) atoms. The molecule has 2 aromatic heterocycles. The van der Waals surface area contributed by atoms with Crippen molar-refractivity contribution < 1.29 is 19.4 Å². The molecule has 6 nitrogen and oxygen atoms in total. The number of nitrogens with zero attached hydrogens (tertiary/aromatic N) is 2. The van der Waals surface area contributed by atoms with E-state index in [4.69, 9.17) is 14.6 Å². The molecule has 104 valence electrons. The smallest absolute Gasteiger partial charge is 0.339 e. The summed E-state index contributed by atoms with van der Waals surface area (Å²) in [7, 11) is 0. The largest absolute Gasteiger partial charge is 0.488 e. The highest BCUT2D eigenvalue weighted by atomic mass is 16.5. The van der Waals surface area contributed by atoms with Gasteiger partial charge in [-0.15, -0.1) is 0 Å². The third kappa shape index (κ3) is 3.23. The molecule has 0 radical (unpaired) electrons. The summed E-state index contributed by atoms with van der Waals surface area (Å²) >= 11 is 0. The molecule has 0 unspecified atom stereocenters. The van der Waals surface area contributed by atoms with Crippen LogP contribution < -0.4 is 9.47 Å². The minimum Gasteiger partial charge on any atom is -0.488 e. The summed E-state index contributed by atoms with van der Waals surface area (Å²) in [5.41, 5.74) is 0.0205. The fraction of sp³-hybridized carbons (Fsp3) is 0.214. The van der Waals surface area contributed by atoms with Crippen LogP contribution in [0.1, 0.15) is 23.7 Å². The van der Waals surface area contributed by atoms with E-state index in [9.17, 15) is 4.79 Å². The lowest BCUT2D eigenvalue weighted by Crippen LogP contribution is -2.03. The summed E-state index contributed by atoms with van der Waals surface area (Å²) in [5, 5.41) is 9.09. The van der Waals surface area contributed by atoms with E-state index >= 15 is 0 Å². The average molecular weight is 274 g/mol. The van der Waals surface area contributed by atoms with Gasteiger partial charge in [-0.25, -0.2) is 9.78 Å². The first kappa shape index (κ1) is 13.8. The molecule has 0 aliphatic heterocycles. The molecule has 0 atom stereocenters. The molecule has 0 bridgehead atoms. The van der Waals surface area contributed by atoms with Gasteiger partial charge in [-0.2, -0.15) is 0 Å². The summed E-state index contributed by atoms with van der Waals surface area (Å²) in [6.07, 6.45) is 5.12. The van der Waals surface area contributed by atoms with Gasteiger partial charge in [0.15, 0.2) is 11.5 Å². The average Bonchev–Trinajstić information content (AvgIpc) is 2.47. The maximum Gasteiger partial charge on any atom is 0.339 e. The fourth-order valence-electron chi connectivity index (χ4n) is 1.52. The third-order valence-corrected chi connectivity index (χ3v) is 2.42. The second kappa shape index (κ2) is 6.51. The van der Waals surface area contributed by atoms with Gasteiger partial charge in [0.25, 0.3) is 5.88 Å². The molecule has 0 saturated heterocycles. The van der Waals surface area contributed by atoms with Crippen LogP contribution in [0.5, 0.6) is 17.4 Å². The number of rotatable bonds is 6. The van der Waals surface area contributed by atoms with Crippen molar-refractivity contribution in [1.29, 1.82) is 0 Å². The Balaban J connectivity index is 2.28. The van der Waals surface area contributed by atoms with Gasteiger partial charge in [-0.05, 0) is 24.6 Å². The van der Waals surface area contributed by atoms with E-state index < -0.39 is 5.97 Å². The Morgan fingerprint density at radius 2 is 2.15 bits per heavy atom. The minimum atomic E-state index is -1.09. The monoisotopic (exact) mass is 274 g/mol. The summed E-state index contributed by atoms with van der Waals surface area (Å²) in [4.78, 5) is 19.0. The van der Waals surface area contributed by atoms with Crippen LogP contribution in [0.3, 0.4) is 0 Å². The lowest BCUT2D eigenvalue weighted by Gasteiger charge is -2.11. The molecule has 0 aromatic carbocycles. The highest BCUT2D eigenvalue weighted by Crippen LogP contribution is 2.30. The zero-order valence-electron chi connectivity index (χ0n) is 10.9. The summed E-state index contributed by atoms with van der Waals surface area (Å²) in [6, 6.07) is 4.81. The summed E-state index contributed by atoms with van der Waals surface area (Å²) in [5.74, 6) is -0.277. The standard InChI is InChI=1S/C14H14N2O4/c1-2-8-19-11-4-3-6-16-13(11)20-12-9-15-7-5-10(12)14(17)18/h3-7,9H,2,8H2,1H3,(H,17,18). The normalized spacial score (nSPS) is 10.1. The predicted molar refractivity (Wildman–Crippen MR) is 71.3 cm³/mol. The Hall–Kier alpha value is -2.63. The number of carboxylic acids is 1. The molecule has 0 spiro atoms. The van der Waals surface area contributed by atoms with E-state index in [2.05, 4.69) is 9.97 Å². The molecule has 0 aliphatic rings. The van der Waals surface area contributed by atoms with E-state index in [-0.39, 0.29) is 17.2 Å². The lowest BCUT2D eigenvalue weighted by molar-refractivity contribution is 0.0693. The first-order chi connectivity index (χ1) is 9.72. The van der Waals surface area contributed by atoms with Crippen LogP contribution >= 0.6 is 0 Å². The Labute approximate surface area is 116 Å². The number of aromatic carboxylic acids is 1. The van der Waals surface area contributed by atoms with Gasteiger partial charge >= 0.3 is 5.97 Å². The number of pyridine rings is 2. The molecular formula is C14H14N2O4. The zero-order chi connectivity index (χ0) is 14.4. The van der Waals surface area contributed by atoms with E-state index in [1.807, 2.05) is 6.92 Å². The molecule has 0 aliphatic carbocycles. The lowest BCUT2D eigenvalue weighted by atomic mass is 10.2. The van der Waals surface area contributed by atoms with Crippen LogP contribution in [0.25, 0.3) is 0 Å². The molecule has 2 heterocycles. The number of hydrogen-bond donors (Lipinski definition) is 1. The van der Waals surface area contributed by atoms with E-state index in [1.165, 1.54) is 18.5 Å². The van der Waals surface area contributed by atoms with Gasteiger partial charge in [0.1, 0.15) is 5.56 Å². The Bertz CT molecular complexity index is 601. The molecule has 1 N–H and O–H groups in total. The van der Waals surface area contributed by atoms with E-state index in [0.29, 0.717) is 12.4 Å². The molecule has 2 rings (SSSR count). The highest BCUT2D eigenvalue weighted by molar-refractivity contribution is 5.90. The van der Waals surface area contributed by atoms with Gasteiger partial charge in [0.2, 0.25) is 0 Å². The number of ether oxygens (including phenoxy) is 2. The molecule has 0 amide bonds. The van der Waals surface area contributed by atoms with Crippen molar-refractivity contribution in [3.63, 3.8) is 0 Å². The van der Waals surface area contributed by atoms with E-state index in [1.54, 1.807) is 18.3 Å². The van der Waals surface area contributed by atoms with Gasteiger partial charge < -0.3 is 14.6 Å². The van der Waals surface area contributed by atoms with Crippen molar-refractivity contribution in [1.82, 2.24) is 9.97 Å². The SMILES string of the molecule is CCCOc1cccnc1Oc1cnccc1C(=O)O. The Morgan fingerprint density at radius 3 is 2.90 bits per heavy atom. The van der Waals surface area contributed by atoms with Crippen molar-refractivity contribution in [3.05, 3.63) is 42.4 Å². The number of aromatic nitrogens is 2. The first-order valence-electron chi connectivity index (χ1n) is 6.15. The van der Waals surface area contributed by atoms with Crippen LogP contribution in [-0.2, 0) is 0 Å². The van der Waals surface area contributed by atoms with Crippen molar-refractivity contribution in [2.75, 3.05) is 6.61 Å². The van der Waals surface area contributed by atoms with Gasteiger partial charge in [0.05, 0.1) is 12.8 Å².